The van der Waals surface area contributed by atoms with Crippen LogP contribution in [0.4, 0.5) is 17.1 Å². The minimum atomic E-state index is -0.475. The van der Waals surface area contributed by atoms with Crippen LogP contribution in [-0.4, -0.2) is 0 Å². The summed E-state index contributed by atoms with van der Waals surface area (Å²) in [5.41, 5.74) is 22.0. The summed E-state index contributed by atoms with van der Waals surface area (Å²) in [6, 6.07) is 59.1. The predicted octanol–water partition coefficient (Wildman–Crippen LogP) is 15.7. The molecule has 3 aliphatic carbocycles. The Kier molecular flexibility index (Phi) is 8.71. The third-order valence-corrected chi connectivity index (χ3v) is 14.0. The number of fused-ring (bicyclic) bond motifs is 6. The molecular weight excluding hydrogens is 723 g/mol. The summed E-state index contributed by atoms with van der Waals surface area (Å²) in [5.74, 6) is 0.182. The van der Waals surface area contributed by atoms with E-state index in [0.717, 1.165) is 22.6 Å². The number of hydrogen-bond acceptors (Lipinski definition) is 1. The molecule has 3 atom stereocenters. The average molecular weight is 776 g/mol. The van der Waals surface area contributed by atoms with Crippen LogP contribution in [-0.2, 0) is 10.8 Å². The number of hydrogen-bond donors (Lipinski definition) is 0. The third-order valence-electron chi connectivity index (χ3n) is 14.0. The number of anilines is 3. The molecule has 0 radical (unpaired) electrons. The highest BCUT2D eigenvalue weighted by Gasteiger charge is 2.58. The minimum Gasteiger partial charge on any atom is -0.311 e. The Hall–Kier alpha value is -6.44. The molecule has 0 aliphatic heterocycles. The molecule has 0 spiro atoms. The van der Waals surface area contributed by atoms with Crippen LogP contribution in [0.1, 0.15) is 84.7 Å². The van der Waals surface area contributed by atoms with Gasteiger partial charge in [0.05, 0.1) is 5.41 Å². The zero-order valence-electron chi connectivity index (χ0n) is 36.0. The Labute approximate surface area is 357 Å². The molecule has 7 aromatic carbocycles. The summed E-state index contributed by atoms with van der Waals surface area (Å²) >= 11 is 0. The van der Waals surface area contributed by atoms with Gasteiger partial charge in [-0.2, -0.15) is 0 Å². The van der Waals surface area contributed by atoms with Crippen molar-refractivity contribution in [2.45, 2.75) is 59.3 Å². The fourth-order valence-corrected chi connectivity index (χ4v) is 10.6. The average Bonchev–Trinajstić information content (AvgIpc) is 3.69. The topological polar surface area (TPSA) is 3.24 Å². The minimum absolute atomic E-state index is 0.0468. The number of aryl methyl sites for hydroxylation is 2. The van der Waals surface area contributed by atoms with Gasteiger partial charge in [-0.3, -0.25) is 0 Å². The second-order valence-electron chi connectivity index (χ2n) is 18.7. The Morgan fingerprint density at radius 3 is 1.73 bits per heavy atom. The standard InChI is InChI=1S/C59H53N/c1-38-19-29-49-51(33-38)41(4)52-36-54-50-30-20-39(2)34-55(50)59(56(54)37-53(49)52,45-25-23-44(24-26-45)57(5,6)7)58(8)32-31-43(35-40(58)3)42-21-27-48(28-22-42)60(46-15-11-9-12-16-46)47-17-13-10-14-18-47/h9-37,40H,4H2,1-3,5-8H3. The van der Waals surface area contributed by atoms with Crippen LogP contribution in [0.2, 0.25) is 0 Å². The second-order valence-corrected chi connectivity index (χ2v) is 18.7. The van der Waals surface area contributed by atoms with E-state index in [2.05, 4.69) is 236 Å². The van der Waals surface area contributed by atoms with Crippen molar-refractivity contribution in [2.75, 3.05) is 4.90 Å². The highest BCUT2D eigenvalue weighted by atomic mass is 15.1. The highest BCUT2D eigenvalue weighted by Crippen LogP contribution is 2.66. The van der Waals surface area contributed by atoms with Crippen molar-refractivity contribution in [1.29, 1.82) is 0 Å². The molecule has 1 heteroatoms. The van der Waals surface area contributed by atoms with Gasteiger partial charge in [-0.1, -0.05) is 180 Å². The van der Waals surface area contributed by atoms with Gasteiger partial charge in [0.15, 0.2) is 0 Å². The fraction of sp³-hybridized carbons (Fsp3) is 0.186. The first-order chi connectivity index (χ1) is 28.9. The molecule has 7 aromatic rings. The maximum atomic E-state index is 4.68. The maximum absolute atomic E-state index is 4.68. The van der Waals surface area contributed by atoms with Gasteiger partial charge in [-0.15, -0.1) is 0 Å². The zero-order chi connectivity index (χ0) is 41.6. The van der Waals surface area contributed by atoms with E-state index < -0.39 is 5.41 Å². The Morgan fingerprint density at radius 1 is 0.550 bits per heavy atom. The number of rotatable bonds is 6. The normalized spacial score (nSPS) is 19.9. The maximum Gasteiger partial charge on any atom is 0.0557 e. The first-order valence-corrected chi connectivity index (χ1v) is 21.5. The van der Waals surface area contributed by atoms with Gasteiger partial charge in [0.2, 0.25) is 0 Å². The van der Waals surface area contributed by atoms with Crippen LogP contribution in [0.15, 0.2) is 183 Å². The van der Waals surface area contributed by atoms with Gasteiger partial charge >= 0.3 is 0 Å². The van der Waals surface area contributed by atoms with Crippen molar-refractivity contribution >= 4 is 28.2 Å². The van der Waals surface area contributed by atoms with Crippen molar-refractivity contribution < 1.29 is 0 Å². The zero-order valence-corrected chi connectivity index (χ0v) is 36.0. The summed E-state index contributed by atoms with van der Waals surface area (Å²) in [7, 11) is 0. The summed E-state index contributed by atoms with van der Waals surface area (Å²) in [4.78, 5) is 2.33. The van der Waals surface area contributed by atoms with Gasteiger partial charge < -0.3 is 4.90 Å². The van der Waals surface area contributed by atoms with Gasteiger partial charge in [0.25, 0.3) is 0 Å². The Balaban J connectivity index is 1.13. The summed E-state index contributed by atoms with van der Waals surface area (Å²) in [6.45, 7) is 21.0. The molecule has 3 aliphatic rings. The molecule has 294 valence electrons. The first kappa shape index (κ1) is 37.8. The van der Waals surface area contributed by atoms with E-state index in [1.54, 1.807) is 0 Å². The van der Waals surface area contributed by atoms with Gasteiger partial charge in [-0.25, -0.2) is 0 Å². The molecule has 0 fully saturated rings. The highest BCUT2D eigenvalue weighted by molar-refractivity contribution is 6.03. The van der Waals surface area contributed by atoms with Crippen LogP contribution in [0, 0.1) is 25.2 Å². The van der Waals surface area contributed by atoms with E-state index in [1.165, 1.54) is 77.9 Å². The molecule has 60 heavy (non-hydrogen) atoms. The monoisotopic (exact) mass is 775 g/mol. The van der Waals surface area contributed by atoms with E-state index in [0.29, 0.717) is 0 Å². The first-order valence-electron chi connectivity index (χ1n) is 21.5. The molecule has 0 heterocycles. The SMILES string of the molecule is C=C1c2cc(C)ccc2-c2cc3c(cc21)-c1ccc(C)cc1C3(c1ccc(C(C)(C)C)cc1)C1(C)C=CC(c2ccc(N(c3ccccc3)c3ccccc3)cc2)=CC1C. The summed E-state index contributed by atoms with van der Waals surface area (Å²) in [6.07, 6.45) is 7.50. The number of para-hydroxylation sites is 2. The molecule has 10 rings (SSSR count). The Morgan fingerprint density at radius 2 is 1.12 bits per heavy atom. The van der Waals surface area contributed by atoms with E-state index >= 15 is 0 Å². The van der Waals surface area contributed by atoms with Crippen molar-refractivity contribution in [3.8, 4) is 22.3 Å². The second kappa shape index (κ2) is 13.8. The molecule has 0 amide bonds. The fourth-order valence-electron chi connectivity index (χ4n) is 10.6. The van der Waals surface area contributed by atoms with E-state index in [9.17, 15) is 0 Å². The summed E-state index contributed by atoms with van der Waals surface area (Å²) in [5, 5.41) is 0. The van der Waals surface area contributed by atoms with E-state index in [1.807, 2.05) is 0 Å². The van der Waals surface area contributed by atoms with Crippen LogP contribution < -0.4 is 4.90 Å². The largest absolute Gasteiger partial charge is 0.311 e. The third kappa shape index (κ3) is 5.66. The van der Waals surface area contributed by atoms with Crippen molar-refractivity contribution in [1.82, 2.24) is 0 Å². The van der Waals surface area contributed by atoms with E-state index in [4.69, 9.17) is 0 Å². The molecule has 3 unspecified atom stereocenters. The lowest BCUT2D eigenvalue weighted by Crippen LogP contribution is -2.48. The van der Waals surface area contributed by atoms with Crippen molar-refractivity contribution in [3.63, 3.8) is 0 Å². The van der Waals surface area contributed by atoms with Crippen LogP contribution in [0.5, 0.6) is 0 Å². The quantitative estimate of drug-likeness (QED) is 0.163. The predicted molar refractivity (Wildman–Crippen MR) is 255 cm³/mol. The van der Waals surface area contributed by atoms with Crippen LogP contribution >= 0.6 is 0 Å². The molecular formula is C59H53N. The molecule has 1 nitrogen and oxygen atoms in total. The van der Waals surface area contributed by atoms with Crippen LogP contribution in [0.3, 0.4) is 0 Å². The number of nitrogens with zero attached hydrogens (tertiary/aromatic N) is 1. The molecule has 0 bridgehead atoms. The summed E-state index contributed by atoms with van der Waals surface area (Å²) < 4.78 is 0. The lowest BCUT2D eigenvalue weighted by Gasteiger charge is -2.51. The van der Waals surface area contributed by atoms with Crippen LogP contribution in [0.25, 0.3) is 33.4 Å². The number of benzene rings is 7. The molecule has 0 saturated heterocycles. The van der Waals surface area contributed by atoms with E-state index in [-0.39, 0.29) is 16.7 Å². The van der Waals surface area contributed by atoms with Gasteiger partial charge in [0.1, 0.15) is 0 Å². The lowest BCUT2D eigenvalue weighted by molar-refractivity contribution is 0.222. The number of allylic oxidation sites excluding steroid dienone is 4. The van der Waals surface area contributed by atoms with Crippen molar-refractivity contribution in [3.05, 3.63) is 233 Å². The molecule has 0 aromatic heterocycles. The Bertz CT molecular complexity index is 2850. The van der Waals surface area contributed by atoms with Crippen molar-refractivity contribution in [2.24, 2.45) is 11.3 Å². The smallest absolute Gasteiger partial charge is 0.0557 e. The molecule has 0 saturated carbocycles. The lowest BCUT2D eigenvalue weighted by atomic mass is 9.50. The van der Waals surface area contributed by atoms with Gasteiger partial charge in [0, 0.05) is 22.5 Å². The molecule has 0 N–H and O–H groups in total. The van der Waals surface area contributed by atoms with Gasteiger partial charge in [-0.05, 0) is 146 Å².